The second-order valence-corrected chi connectivity index (χ2v) is 7.19. The molecule has 0 saturated carbocycles. The Balaban J connectivity index is 2.21. The summed E-state index contributed by atoms with van der Waals surface area (Å²) in [4.78, 5) is 18.1. The predicted molar refractivity (Wildman–Crippen MR) is 92.6 cm³/mol. The van der Waals surface area contributed by atoms with Crippen molar-refractivity contribution in [1.29, 1.82) is 0 Å². The molecule has 2 rings (SSSR count). The van der Waals surface area contributed by atoms with E-state index >= 15 is 0 Å². The normalized spacial score (nSPS) is 12.2. The van der Waals surface area contributed by atoms with Crippen LogP contribution in [0.5, 0.6) is 17.2 Å². The Bertz CT molecular complexity index is 816. The van der Waals surface area contributed by atoms with Crippen LogP contribution in [0, 0.1) is 0 Å². The van der Waals surface area contributed by atoms with E-state index < -0.39 is 36.3 Å². The number of aromatic hydroxyl groups is 3. The van der Waals surface area contributed by atoms with Crippen LogP contribution in [0.3, 0.4) is 0 Å². The van der Waals surface area contributed by atoms with E-state index in [0.29, 0.717) is 6.42 Å². The molecule has 0 amide bonds. The molecule has 9 nitrogen and oxygen atoms in total. The first-order valence-electron chi connectivity index (χ1n) is 7.61. The maximum atomic E-state index is 11.2. The van der Waals surface area contributed by atoms with Crippen molar-refractivity contribution >= 4 is 13.4 Å². The van der Waals surface area contributed by atoms with Crippen molar-refractivity contribution in [2.45, 2.75) is 25.0 Å². The van der Waals surface area contributed by atoms with Gasteiger partial charge in [0.05, 0.1) is 11.3 Å². The SMILES string of the molecule is O=P(O)(O)Nc1cc(O)cc(O)c1C(O)(O)CCCc1ccc(O)cc1. The minimum absolute atomic E-state index is 0.106. The van der Waals surface area contributed by atoms with Crippen LogP contribution in [0.25, 0.3) is 0 Å². The van der Waals surface area contributed by atoms with Crippen LogP contribution < -0.4 is 5.09 Å². The van der Waals surface area contributed by atoms with Crippen LogP contribution in [0.2, 0.25) is 0 Å². The average Bonchev–Trinajstić information content (AvgIpc) is 2.46. The highest BCUT2D eigenvalue weighted by Crippen LogP contribution is 2.45. The van der Waals surface area contributed by atoms with Gasteiger partial charge in [-0.05, 0) is 30.5 Å². The van der Waals surface area contributed by atoms with Gasteiger partial charge < -0.3 is 35.3 Å². The molecule has 26 heavy (non-hydrogen) atoms. The molecule has 2 aromatic rings. The molecule has 0 aliphatic carbocycles. The third-order valence-electron chi connectivity index (χ3n) is 3.70. The summed E-state index contributed by atoms with van der Waals surface area (Å²) in [5.41, 5.74) is -0.211. The first-order valence-corrected chi connectivity index (χ1v) is 9.22. The summed E-state index contributed by atoms with van der Waals surface area (Å²) >= 11 is 0. The zero-order valence-corrected chi connectivity index (χ0v) is 14.5. The highest BCUT2D eigenvalue weighted by molar-refractivity contribution is 7.53. The molecule has 0 bridgehead atoms. The maximum absolute atomic E-state index is 11.2. The number of phenolic OH excluding ortho intramolecular Hbond substituents is 3. The first-order chi connectivity index (χ1) is 12.0. The van der Waals surface area contributed by atoms with Gasteiger partial charge in [0.25, 0.3) is 0 Å². The largest absolute Gasteiger partial charge is 0.508 e. The van der Waals surface area contributed by atoms with E-state index in [-0.39, 0.29) is 18.6 Å². The molecule has 0 atom stereocenters. The van der Waals surface area contributed by atoms with Gasteiger partial charge >= 0.3 is 7.75 Å². The lowest BCUT2D eigenvalue weighted by Gasteiger charge is -2.26. The van der Waals surface area contributed by atoms with Crippen molar-refractivity contribution < 1.29 is 39.9 Å². The van der Waals surface area contributed by atoms with Crippen molar-refractivity contribution in [3.63, 3.8) is 0 Å². The highest BCUT2D eigenvalue weighted by Gasteiger charge is 2.33. The summed E-state index contributed by atoms with van der Waals surface area (Å²) in [6, 6.07) is 8.04. The van der Waals surface area contributed by atoms with Crippen LogP contribution >= 0.6 is 7.75 Å². The molecule has 0 saturated heterocycles. The zero-order chi connectivity index (χ0) is 19.5. The fourth-order valence-corrected chi connectivity index (χ4v) is 3.09. The van der Waals surface area contributed by atoms with E-state index in [9.17, 15) is 30.1 Å². The lowest BCUT2D eigenvalue weighted by Crippen LogP contribution is -2.26. The summed E-state index contributed by atoms with van der Waals surface area (Å²) in [6.07, 6.45) is 0.429. The Morgan fingerprint density at radius 2 is 1.58 bits per heavy atom. The first kappa shape index (κ1) is 20.0. The van der Waals surface area contributed by atoms with E-state index in [1.807, 2.05) is 0 Å². The van der Waals surface area contributed by atoms with Gasteiger partial charge in [0, 0.05) is 18.6 Å². The molecule has 0 radical (unpaired) electrons. The Morgan fingerprint density at radius 3 is 2.15 bits per heavy atom. The van der Waals surface area contributed by atoms with Gasteiger partial charge in [0.2, 0.25) is 0 Å². The number of rotatable bonds is 7. The Labute approximate surface area is 149 Å². The number of benzene rings is 2. The smallest absolute Gasteiger partial charge is 0.427 e. The molecule has 2 aromatic carbocycles. The van der Waals surface area contributed by atoms with Crippen molar-refractivity contribution in [1.82, 2.24) is 0 Å². The number of anilines is 1. The van der Waals surface area contributed by atoms with E-state index in [0.717, 1.165) is 17.7 Å². The van der Waals surface area contributed by atoms with Crippen molar-refractivity contribution in [2.24, 2.45) is 0 Å². The van der Waals surface area contributed by atoms with E-state index in [1.54, 1.807) is 17.2 Å². The molecule has 0 aliphatic heterocycles. The third kappa shape index (κ3) is 5.35. The van der Waals surface area contributed by atoms with Gasteiger partial charge in [-0.3, -0.25) is 5.09 Å². The molecule has 8 N–H and O–H groups in total. The maximum Gasteiger partial charge on any atom is 0.427 e. The third-order valence-corrected chi connectivity index (χ3v) is 4.23. The predicted octanol–water partition coefficient (Wildman–Crippen LogP) is 1.47. The monoisotopic (exact) mass is 385 g/mol. The second-order valence-electron chi connectivity index (χ2n) is 5.88. The Hall–Kier alpha value is -2.29. The molecular weight excluding hydrogens is 365 g/mol. The van der Waals surface area contributed by atoms with Gasteiger partial charge in [0.1, 0.15) is 17.2 Å². The van der Waals surface area contributed by atoms with Crippen LogP contribution in [0.4, 0.5) is 5.69 Å². The van der Waals surface area contributed by atoms with Crippen molar-refractivity contribution in [3.05, 3.63) is 47.5 Å². The standard InChI is InChI=1S/C16H20NO8P/c18-11-5-3-10(4-6-11)2-1-7-16(21,22)15-13(17-26(23,24)25)8-12(19)9-14(15)20/h3-6,8-9,18-22H,1-2,7H2,(H3,17,23,24,25). The van der Waals surface area contributed by atoms with Crippen molar-refractivity contribution in [2.75, 3.05) is 5.09 Å². The fourth-order valence-electron chi connectivity index (χ4n) is 2.60. The summed E-state index contributed by atoms with van der Waals surface area (Å²) in [7, 11) is -4.82. The summed E-state index contributed by atoms with van der Waals surface area (Å²) in [6.45, 7) is 0. The molecule has 0 unspecified atom stereocenters. The molecule has 142 valence electrons. The minimum Gasteiger partial charge on any atom is -0.508 e. The van der Waals surface area contributed by atoms with Crippen molar-refractivity contribution in [3.8, 4) is 17.2 Å². The molecule has 10 heteroatoms. The van der Waals surface area contributed by atoms with Crippen LogP contribution in [-0.2, 0) is 16.8 Å². The lowest BCUT2D eigenvalue weighted by atomic mass is 9.95. The summed E-state index contributed by atoms with van der Waals surface area (Å²) in [5.74, 6) is -3.74. The van der Waals surface area contributed by atoms with Gasteiger partial charge in [-0.1, -0.05) is 12.1 Å². The second kappa shape index (κ2) is 7.53. The number of nitrogens with one attached hydrogen (secondary N) is 1. The Kier molecular flexibility index (Phi) is 5.80. The van der Waals surface area contributed by atoms with E-state index in [2.05, 4.69) is 0 Å². The number of hydrogen-bond acceptors (Lipinski definition) is 6. The van der Waals surface area contributed by atoms with Gasteiger partial charge in [0.15, 0.2) is 5.79 Å². The van der Waals surface area contributed by atoms with Crippen LogP contribution in [0.1, 0.15) is 24.0 Å². The van der Waals surface area contributed by atoms with Gasteiger partial charge in [-0.15, -0.1) is 0 Å². The molecule has 0 heterocycles. The van der Waals surface area contributed by atoms with E-state index in [1.165, 1.54) is 12.1 Å². The molecule has 0 spiro atoms. The topological polar surface area (TPSA) is 171 Å². The lowest BCUT2D eigenvalue weighted by molar-refractivity contribution is -0.175. The number of aryl methyl sites for hydroxylation is 1. The van der Waals surface area contributed by atoms with Crippen LogP contribution in [-0.4, -0.2) is 35.3 Å². The summed E-state index contributed by atoms with van der Waals surface area (Å²) < 4.78 is 11.2. The molecule has 0 aromatic heterocycles. The average molecular weight is 385 g/mol. The zero-order valence-electron chi connectivity index (χ0n) is 13.6. The summed E-state index contributed by atoms with van der Waals surface area (Å²) in [5, 5.41) is 51.1. The number of aliphatic hydroxyl groups is 2. The highest BCUT2D eigenvalue weighted by atomic mass is 31.2. The molecule has 0 fully saturated rings. The molecular formula is C16H20NO8P. The van der Waals surface area contributed by atoms with E-state index in [4.69, 9.17) is 9.79 Å². The number of phenols is 3. The van der Waals surface area contributed by atoms with Gasteiger partial charge in [-0.25, -0.2) is 4.57 Å². The van der Waals surface area contributed by atoms with Gasteiger partial charge in [-0.2, -0.15) is 0 Å². The Morgan fingerprint density at radius 1 is 0.962 bits per heavy atom. The minimum atomic E-state index is -4.82. The van der Waals surface area contributed by atoms with Crippen LogP contribution in [0.15, 0.2) is 36.4 Å². The number of hydrogen-bond donors (Lipinski definition) is 8. The quantitative estimate of drug-likeness (QED) is 0.260. The molecule has 0 aliphatic rings. The fraction of sp³-hybridized carbons (Fsp3) is 0.250.